The van der Waals surface area contributed by atoms with Crippen LogP contribution in [-0.2, 0) is 16.0 Å². The number of thiazole rings is 1. The Labute approximate surface area is 114 Å². The van der Waals surface area contributed by atoms with Gasteiger partial charge >= 0.3 is 5.97 Å². The second-order valence-electron chi connectivity index (χ2n) is 4.52. The zero-order valence-corrected chi connectivity index (χ0v) is 11.6. The quantitative estimate of drug-likeness (QED) is 0.891. The number of likely N-dealkylation sites (N-methyl/N-ethyl adjacent to an activating group) is 1. The average molecular weight is 281 g/mol. The third kappa shape index (κ3) is 3.11. The number of carbonyl (C=O) groups excluding carboxylic acids is 1. The molecule has 19 heavy (non-hydrogen) atoms. The van der Waals surface area contributed by atoms with E-state index in [-0.39, 0.29) is 18.9 Å². The van der Waals surface area contributed by atoms with Gasteiger partial charge in [0.1, 0.15) is 0 Å². The Bertz CT molecular complexity index is 576. The number of aromatic nitrogens is 2. The van der Waals surface area contributed by atoms with Crippen molar-refractivity contribution in [2.24, 2.45) is 5.92 Å². The van der Waals surface area contributed by atoms with Crippen LogP contribution in [0.5, 0.6) is 0 Å². The first-order valence-corrected chi connectivity index (χ1v) is 6.73. The number of hydrogen-bond acceptors (Lipinski definition) is 4. The first-order chi connectivity index (χ1) is 8.97. The van der Waals surface area contributed by atoms with Crippen molar-refractivity contribution in [3.63, 3.8) is 0 Å². The Hall–Kier alpha value is -1.89. The second-order valence-corrected chi connectivity index (χ2v) is 5.39. The fraction of sp³-hybridized carbons (Fsp3) is 0.417. The number of carbonyl (C=O) groups is 2. The van der Waals surface area contributed by atoms with Crippen molar-refractivity contribution in [1.82, 2.24) is 14.3 Å². The molecule has 0 saturated heterocycles. The molecule has 7 heteroatoms. The molecule has 1 unspecified atom stereocenters. The van der Waals surface area contributed by atoms with Gasteiger partial charge < -0.3 is 10.0 Å². The monoisotopic (exact) mass is 281 g/mol. The van der Waals surface area contributed by atoms with Gasteiger partial charge in [-0.05, 0) is 0 Å². The molecule has 1 N–H and O–H groups in total. The van der Waals surface area contributed by atoms with Crippen LogP contribution in [0.4, 0.5) is 0 Å². The molecule has 2 aromatic rings. The highest BCUT2D eigenvalue weighted by molar-refractivity contribution is 7.15. The lowest BCUT2D eigenvalue weighted by Gasteiger charge is -2.18. The molecule has 1 amide bonds. The first-order valence-electron chi connectivity index (χ1n) is 5.85. The molecule has 2 heterocycles. The van der Waals surface area contributed by atoms with Crippen molar-refractivity contribution < 1.29 is 14.7 Å². The van der Waals surface area contributed by atoms with Gasteiger partial charge in [0.05, 0.1) is 18.0 Å². The van der Waals surface area contributed by atoms with Gasteiger partial charge in [-0.25, -0.2) is 4.98 Å². The summed E-state index contributed by atoms with van der Waals surface area (Å²) in [5, 5.41) is 10.7. The molecule has 2 rings (SSSR count). The zero-order chi connectivity index (χ0) is 14.0. The lowest BCUT2D eigenvalue weighted by molar-refractivity contribution is -0.142. The number of hydrogen-bond donors (Lipinski definition) is 1. The molecule has 0 aliphatic rings. The molecule has 0 bridgehead atoms. The van der Waals surface area contributed by atoms with Crippen molar-refractivity contribution in [2.45, 2.75) is 13.3 Å². The van der Waals surface area contributed by atoms with Crippen molar-refractivity contribution in [2.75, 3.05) is 13.6 Å². The number of carboxylic acid groups (broad SMARTS) is 1. The van der Waals surface area contributed by atoms with E-state index in [4.69, 9.17) is 5.11 Å². The molecule has 2 aromatic heterocycles. The number of rotatable bonds is 5. The van der Waals surface area contributed by atoms with Gasteiger partial charge in [-0.2, -0.15) is 0 Å². The van der Waals surface area contributed by atoms with E-state index in [1.807, 2.05) is 22.2 Å². The molecule has 0 spiro atoms. The van der Waals surface area contributed by atoms with E-state index < -0.39 is 11.9 Å². The number of fused-ring (bicyclic) bond motifs is 1. The van der Waals surface area contributed by atoms with Gasteiger partial charge in [0.25, 0.3) is 0 Å². The first kappa shape index (κ1) is 13.5. The topological polar surface area (TPSA) is 74.9 Å². The van der Waals surface area contributed by atoms with Gasteiger partial charge in [-0.3, -0.25) is 14.0 Å². The summed E-state index contributed by atoms with van der Waals surface area (Å²) in [6.07, 6.45) is 3.90. The Morgan fingerprint density at radius 3 is 2.95 bits per heavy atom. The van der Waals surface area contributed by atoms with E-state index in [0.717, 1.165) is 4.96 Å². The Morgan fingerprint density at radius 1 is 1.58 bits per heavy atom. The third-order valence-corrected chi connectivity index (χ3v) is 3.64. The van der Waals surface area contributed by atoms with E-state index >= 15 is 0 Å². The highest BCUT2D eigenvalue weighted by Crippen LogP contribution is 2.12. The molecule has 0 fully saturated rings. The Kier molecular flexibility index (Phi) is 3.84. The van der Waals surface area contributed by atoms with Gasteiger partial charge in [-0.1, -0.05) is 6.92 Å². The van der Waals surface area contributed by atoms with Crippen LogP contribution in [0.25, 0.3) is 4.96 Å². The van der Waals surface area contributed by atoms with Crippen LogP contribution in [-0.4, -0.2) is 44.9 Å². The number of amides is 1. The number of imidazole rings is 1. The van der Waals surface area contributed by atoms with Crippen LogP contribution in [0, 0.1) is 5.92 Å². The minimum absolute atomic E-state index is 0.126. The van der Waals surface area contributed by atoms with Crippen molar-refractivity contribution >= 4 is 28.2 Å². The molecule has 0 aromatic carbocycles. The minimum atomic E-state index is -0.901. The van der Waals surface area contributed by atoms with E-state index in [1.54, 1.807) is 14.0 Å². The second kappa shape index (κ2) is 5.40. The van der Waals surface area contributed by atoms with Gasteiger partial charge in [-0.15, -0.1) is 11.3 Å². The third-order valence-electron chi connectivity index (χ3n) is 2.87. The smallest absolute Gasteiger partial charge is 0.308 e. The fourth-order valence-corrected chi connectivity index (χ4v) is 2.46. The molecule has 0 aliphatic carbocycles. The average Bonchev–Trinajstić information content (AvgIpc) is 2.88. The standard InChI is InChI=1S/C12H15N3O3S/c1-8(11(17)18)6-14(2)10(16)5-9-7-15-3-4-19-12(15)13-9/h3-4,7-8H,5-6H2,1-2H3,(H,17,18). The summed E-state index contributed by atoms with van der Waals surface area (Å²) in [5.74, 6) is -1.60. The summed E-state index contributed by atoms with van der Waals surface area (Å²) in [6.45, 7) is 1.79. The van der Waals surface area contributed by atoms with Crippen molar-refractivity contribution in [1.29, 1.82) is 0 Å². The summed E-state index contributed by atoms with van der Waals surface area (Å²) in [7, 11) is 1.61. The molecule has 6 nitrogen and oxygen atoms in total. The van der Waals surface area contributed by atoms with E-state index in [9.17, 15) is 9.59 Å². The van der Waals surface area contributed by atoms with Gasteiger partial charge in [0.15, 0.2) is 4.96 Å². The summed E-state index contributed by atoms with van der Waals surface area (Å²) in [4.78, 5) is 29.3. The van der Waals surface area contributed by atoms with Crippen LogP contribution < -0.4 is 0 Å². The number of aliphatic carboxylic acids is 1. The number of nitrogens with zero attached hydrogens (tertiary/aromatic N) is 3. The lowest BCUT2D eigenvalue weighted by Crippen LogP contribution is -2.34. The van der Waals surface area contributed by atoms with Gasteiger partial charge in [0.2, 0.25) is 5.91 Å². The molecule has 0 radical (unpaired) electrons. The highest BCUT2D eigenvalue weighted by atomic mass is 32.1. The summed E-state index contributed by atoms with van der Waals surface area (Å²) in [6, 6.07) is 0. The Balaban J connectivity index is 1.96. The van der Waals surface area contributed by atoms with Crippen LogP contribution in [0.1, 0.15) is 12.6 Å². The maximum atomic E-state index is 12.0. The van der Waals surface area contributed by atoms with Crippen LogP contribution in [0.2, 0.25) is 0 Å². The largest absolute Gasteiger partial charge is 0.481 e. The zero-order valence-electron chi connectivity index (χ0n) is 10.7. The normalized spacial score (nSPS) is 12.5. The minimum Gasteiger partial charge on any atom is -0.481 e. The summed E-state index contributed by atoms with van der Waals surface area (Å²) >= 11 is 1.51. The predicted molar refractivity (Wildman–Crippen MR) is 71.2 cm³/mol. The van der Waals surface area contributed by atoms with Crippen LogP contribution >= 0.6 is 11.3 Å². The van der Waals surface area contributed by atoms with E-state index in [1.165, 1.54) is 16.2 Å². The van der Waals surface area contributed by atoms with E-state index in [2.05, 4.69) is 4.98 Å². The predicted octanol–water partition coefficient (Wildman–Crippen LogP) is 1.12. The van der Waals surface area contributed by atoms with Crippen LogP contribution in [0.15, 0.2) is 17.8 Å². The van der Waals surface area contributed by atoms with Gasteiger partial charge in [0, 0.05) is 31.4 Å². The van der Waals surface area contributed by atoms with Crippen molar-refractivity contribution in [3.05, 3.63) is 23.5 Å². The maximum absolute atomic E-state index is 12.0. The molecule has 102 valence electrons. The summed E-state index contributed by atoms with van der Waals surface area (Å²) in [5.41, 5.74) is 0.701. The molecular weight excluding hydrogens is 266 g/mol. The summed E-state index contributed by atoms with van der Waals surface area (Å²) < 4.78 is 1.87. The Morgan fingerprint density at radius 2 is 2.32 bits per heavy atom. The molecule has 0 aliphatic heterocycles. The number of carboxylic acids is 1. The van der Waals surface area contributed by atoms with Crippen molar-refractivity contribution in [3.8, 4) is 0 Å². The molecular formula is C12H15N3O3S. The highest BCUT2D eigenvalue weighted by Gasteiger charge is 2.18. The fourth-order valence-electron chi connectivity index (χ4n) is 1.74. The molecule has 0 saturated carbocycles. The maximum Gasteiger partial charge on any atom is 0.308 e. The lowest BCUT2D eigenvalue weighted by atomic mass is 10.1. The molecule has 1 atom stereocenters. The van der Waals surface area contributed by atoms with Crippen LogP contribution in [0.3, 0.4) is 0 Å². The van der Waals surface area contributed by atoms with E-state index in [0.29, 0.717) is 5.69 Å². The SMILES string of the molecule is CC(CN(C)C(=O)Cc1cn2ccsc2n1)C(=O)O.